The summed E-state index contributed by atoms with van der Waals surface area (Å²) < 4.78 is 0. The molecule has 5 heteroatoms. The Labute approximate surface area is 93.9 Å². The predicted molar refractivity (Wildman–Crippen MR) is 11.8 cm³/mol. The third-order valence-corrected chi connectivity index (χ3v) is 0. The molecule has 0 fully saturated rings. The summed E-state index contributed by atoms with van der Waals surface area (Å²) in [5, 5.41) is 13.9. The first-order valence-electron chi connectivity index (χ1n) is 0.651. The minimum Gasteiger partial charge on any atom is -1.00 e. The van der Waals surface area contributed by atoms with E-state index in [2.05, 4.69) is 0 Å². The molecule has 30 valence electrons. The molecule has 0 aromatic carbocycles. The monoisotopic (exact) mass is 150 g/mol. The molecule has 0 aliphatic carbocycles. The van der Waals surface area contributed by atoms with Gasteiger partial charge in [-0.2, -0.15) is 0 Å². The van der Waals surface area contributed by atoms with Crippen LogP contribution in [0.25, 0.3) is 0 Å². The van der Waals surface area contributed by atoms with E-state index in [-0.39, 0.29) is 74.5 Å². The van der Waals surface area contributed by atoms with Gasteiger partial charge in [-0.3, -0.25) is 0 Å². The number of carboxylic acid groups (broad SMARTS) is 2. The zero-order valence-corrected chi connectivity index (χ0v) is 7.99. The SMILES string of the molecule is O=C(O)O.[H-].[K+].[Ti]. The first-order valence-corrected chi connectivity index (χ1v) is 0.651. The first-order chi connectivity index (χ1) is 1.73. The van der Waals surface area contributed by atoms with Gasteiger partial charge in [-0.1, -0.05) is 0 Å². The van der Waals surface area contributed by atoms with Gasteiger partial charge in [0.25, 0.3) is 0 Å². The molecule has 2 N–H and O–H groups in total. The Morgan fingerprint density at radius 1 is 1.50 bits per heavy atom. The second kappa shape index (κ2) is 9.80. The molecule has 0 aliphatic rings. The van der Waals surface area contributed by atoms with Gasteiger partial charge >= 0.3 is 57.5 Å². The smallest absolute Gasteiger partial charge is 1.00 e. The molecule has 0 amide bonds. The van der Waals surface area contributed by atoms with Gasteiger partial charge in [0.1, 0.15) is 0 Å². The third-order valence-electron chi connectivity index (χ3n) is 0. The number of carbonyl (C=O) groups is 1. The third kappa shape index (κ3) is 45.7. The van der Waals surface area contributed by atoms with Gasteiger partial charge < -0.3 is 11.6 Å². The van der Waals surface area contributed by atoms with Crippen molar-refractivity contribution in [2.45, 2.75) is 0 Å². The van der Waals surface area contributed by atoms with Crippen LogP contribution >= 0.6 is 0 Å². The van der Waals surface area contributed by atoms with Gasteiger partial charge in [0.2, 0.25) is 0 Å². The van der Waals surface area contributed by atoms with Crippen molar-refractivity contribution < 1.29 is 89.5 Å². The molecule has 0 heterocycles. The van der Waals surface area contributed by atoms with E-state index in [0.717, 1.165) is 0 Å². The molecular weight excluding hydrogens is 147 g/mol. The molecule has 0 bridgehead atoms. The van der Waals surface area contributed by atoms with Gasteiger partial charge in [-0.25, -0.2) is 4.79 Å². The van der Waals surface area contributed by atoms with Crippen molar-refractivity contribution in [1.82, 2.24) is 0 Å². The quantitative estimate of drug-likeness (QED) is 0.370. The Morgan fingerprint density at radius 2 is 1.50 bits per heavy atom. The van der Waals surface area contributed by atoms with Crippen LogP contribution in [-0.2, 0) is 21.7 Å². The molecule has 0 aromatic heterocycles. The Hall–Kier alpha value is 1.62. The van der Waals surface area contributed by atoms with Gasteiger partial charge in [0.15, 0.2) is 0 Å². The molecule has 0 saturated heterocycles. The molecule has 0 saturated carbocycles. The van der Waals surface area contributed by atoms with Crippen LogP contribution in [0.2, 0.25) is 0 Å². The van der Waals surface area contributed by atoms with Crippen LogP contribution in [0, 0.1) is 0 Å². The predicted octanol–water partition coefficient (Wildman–Crippen LogP) is -2.66. The molecule has 0 aliphatic heterocycles. The maximum atomic E-state index is 8.56. The van der Waals surface area contributed by atoms with Crippen LogP contribution < -0.4 is 51.4 Å². The van der Waals surface area contributed by atoms with Gasteiger partial charge in [-0.15, -0.1) is 0 Å². The largest absolute Gasteiger partial charge is 1.00 e. The number of hydrogen-bond acceptors (Lipinski definition) is 1. The van der Waals surface area contributed by atoms with Gasteiger partial charge in [0, 0.05) is 21.7 Å². The number of hydrogen-bond donors (Lipinski definition) is 2. The van der Waals surface area contributed by atoms with E-state index in [4.69, 9.17) is 15.0 Å². The Kier molecular flexibility index (Phi) is 25.5. The topological polar surface area (TPSA) is 57.5 Å². The Balaban J connectivity index is -0.0000000150. The maximum Gasteiger partial charge on any atom is 1.00 e. The zero-order valence-electron chi connectivity index (χ0n) is 4.30. The van der Waals surface area contributed by atoms with Crippen LogP contribution in [0.3, 0.4) is 0 Å². The summed E-state index contributed by atoms with van der Waals surface area (Å²) in [6, 6.07) is 0. The van der Waals surface area contributed by atoms with Crippen LogP contribution in [-0.4, -0.2) is 16.4 Å². The zero-order chi connectivity index (χ0) is 3.58. The number of rotatable bonds is 0. The van der Waals surface area contributed by atoms with Crippen molar-refractivity contribution in [1.29, 1.82) is 0 Å². The molecule has 0 radical (unpaired) electrons. The van der Waals surface area contributed by atoms with Crippen LogP contribution in [0.4, 0.5) is 4.79 Å². The average Bonchev–Trinajstić information content (AvgIpc) is 0.811. The van der Waals surface area contributed by atoms with E-state index in [9.17, 15) is 0 Å². The van der Waals surface area contributed by atoms with Crippen LogP contribution in [0.5, 0.6) is 0 Å². The summed E-state index contributed by atoms with van der Waals surface area (Å²) >= 11 is 0. The molecule has 0 unspecified atom stereocenters. The summed E-state index contributed by atoms with van der Waals surface area (Å²) in [6.45, 7) is 0. The second-order valence-corrected chi connectivity index (χ2v) is 0.283. The normalized spacial score (nSPS) is 4.00. The van der Waals surface area contributed by atoms with Crippen molar-refractivity contribution in [3.8, 4) is 0 Å². The molecule has 0 atom stereocenters. The fraction of sp³-hybridized carbons (Fsp3) is 0. The minimum absolute atomic E-state index is 0. The average molecular weight is 150 g/mol. The molecular formula is CH3KO3Ti. The van der Waals surface area contributed by atoms with E-state index in [1.807, 2.05) is 0 Å². The molecule has 0 aromatic rings. The maximum absolute atomic E-state index is 8.56. The van der Waals surface area contributed by atoms with E-state index >= 15 is 0 Å². The van der Waals surface area contributed by atoms with Crippen molar-refractivity contribution >= 4 is 6.16 Å². The fourth-order valence-electron chi connectivity index (χ4n) is 0. The van der Waals surface area contributed by atoms with Gasteiger partial charge in [-0.05, 0) is 0 Å². The molecule has 0 spiro atoms. The van der Waals surface area contributed by atoms with Crippen LogP contribution in [0.15, 0.2) is 0 Å². The Bertz CT molecular complexity index is 37.9. The van der Waals surface area contributed by atoms with Crippen LogP contribution in [0.1, 0.15) is 1.43 Å². The standard InChI is InChI=1S/CH2O3.K.Ti.H/c2-1(3)4;;;/h(H2,2,3,4);;;/q;+1;;-1. The summed E-state index contributed by atoms with van der Waals surface area (Å²) in [7, 11) is 0. The fourth-order valence-corrected chi connectivity index (χ4v) is 0. The Morgan fingerprint density at radius 3 is 1.50 bits per heavy atom. The van der Waals surface area contributed by atoms with Crippen molar-refractivity contribution in [2.75, 3.05) is 0 Å². The molecule has 0 rings (SSSR count). The summed E-state index contributed by atoms with van der Waals surface area (Å²) in [5.74, 6) is 0. The van der Waals surface area contributed by atoms with Crippen molar-refractivity contribution in [3.63, 3.8) is 0 Å². The summed E-state index contributed by atoms with van der Waals surface area (Å²) in [6.07, 6.45) is -1.83. The van der Waals surface area contributed by atoms with E-state index in [1.165, 1.54) is 0 Å². The molecule has 3 nitrogen and oxygen atoms in total. The van der Waals surface area contributed by atoms with E-state index in [0.29, 0.717) is 0 Å². The summed E-state index contributed by atoms with van der Waals surface area (Å²) in [5.41, 5.74) is 0. The van der Waals surface area contributed by atoms with E-state index < -0.39 is 6.16 Å². The first kappa shape index (κ1) is 15.6. The minimum atomic E-state index is -1.83. The van der Waals surface area contributed by atoms with Crippen molar-refractivity contribution in [3.05, 3.63) is 0 Å². The van der Waals surface area contributed by atoms with E-state index in [1.54, 1.807) is 0 Å². The second-order valence-electron chi connectivity index (χ2n) is 0.283. The molecule has 6 heavy (non-hydrogen) atoms. The summed E-state index contributed by atoms with van der Waals surface area (Å²) in [4.78, 5) is 8.56. The van der Waals surface area contributed by atoms with Crippen molar-refractivity contribution in [2.24, 2.45) is 0 Å². The van der Waals surface area contributed by atoms with Gasteiger partial charge in [0.05, 0.1) is 0 Å².